The van der Waals surface area contributed by atoms with Crippen LogP contribution in [0.3, 0.4) is 0 Å². The number of aryl methyl sites for hydroxylation is 1. The lowest BCUT2D eigenvalue weighted by molar-refractivity contribution is -0.0679. The van der Waals surface area contributed by atoms with Crippen LogP contribution in [0.4, 0.5) is 0 Å². The van der Waals surface area contributed by atoms with E-state index >= 15 is 0 Å². The van der Waals surface area contributed by atoms with Gasteiger partial charge in [0.25, 0.3) is 0 Å². The maximum Gasteiger partial charge on any atom is 0.0940 e. The highest BCUT2D eigenvalue weighted by molar-refractivity contribution is 6.31. The monoisotopic (exact) mass is 240 g/mol. The molecule has 0 amide bonds. The van der Waals surface area contributed by atoms with Gasteiger partial charge in [-0.2, -0.15) is 0 Å². The average molecular weight is 241 g/mol. The Labute approximate surface area is 101 Å². The van der Waals surface area contributed by atoms with Crippen molar-refractivity contribution >= 4 is 11.6 Å². The van der Waals surface area contributed by atoms with E-state index in [-0.39, 0.29) is 0 Å². The van der Waals surface area contributed by atoms with Crippen LogP contribution in [0.25, 0.3) is 0 Å². The van der Waals surface area contributed by atoms with Crippen molar-refractivity contribution in [1.29, 1.82) is 0 Å². The molecule has 88 valence electrons. The minimum atomic E-state index is -0.729. The molecule has 1 heterocycles. The minimum Gasteiger partial charge on any atom is -0.385 e. The minimum absolute atomic E-state index is 0.626. The highest BCUT2D eigenvalue weighted by atomic mass is 35.5. The number of ether oxygens (including phenoxy) is 1. The Morgan fingerprint density at radius 3 is 2.69 bits per heavy atom. The fourth-order valence-electron chi connectivity index (χ4n) is 2.13. The zero-order chi connectivity index (χ0) is 11.6. The Bertz CT molecular complexity index is 370. The Morgan fingerprint density at radius 1 is 1.38 bits per heavy atom. The van der Waals surface area contributed by atoms with E-state index in [4.69, 9.17) is 16.3 Å². The normalized spacial score (nSPS) is 19.7. The molecule has 1 fully saturated rings. The summed E-state index contributed by atoms with van der Waals surface area (Å²) in [4.78, 5) is 0. The van der Waals surface area contributed by atoms with Crippen molar-refractivity contribution in [3.63, 3.8) is 0 Å². The number of aliphatic hydroxyl groups is 1. The number of hydrogen-bond donors (Lipinski definition) is 1. The summed E-state index contributed by atoms with van der Waals surface area (Å²) >= 11 is 6.07. The van der Waals surface area contributed by atoms with Gasteiger partial charge in [0.1, 0.15) is 0 Å². The Kier molecular flexibility index (Phi) is 3.53. The maximum absolute atomic E-state index is 10.5. The molecule has 1 aromatic rings. The van der Waals surface area contributed by atoms with Gasteiger partial charge in [0.15, 0.2) is 0 Å². The standard InChI is InChI=1S/C13H17ClO2/c1-2-10-9-11(3-4-12(10)14)13(15)5-7-16-8-6-13/h3-4,9,15H,2,5-8H2,1H3. The van der Waals surface area contributed by atoms with E-state index in [9.17, 15) is 5.11 Å². The van der Waals surface area contributed by atoms with Crippen LogP contribution in [0.5, 0.6) is 0 Å². The number of rotatable bonds is 2. The van der Waals surface area contributed by atoms with E-state index in [1.54, 1.807) is 0 Å². The van der Waals surface area contributed by atoms with E-state index in [1.807, 2.05) is 18.2 Å². The highest BCUT2D eigenvalue weighted by Crippen LogP contribution is 2.33. The average Bonchev–Trinajstić information content (AvgIpc) is 2.30. The van der Waals surface area contributed by atoms with Gasteiger partial charge in [0.2, 0.25) is 0 Å². The van der Waals surface area contributed by atoms with Gasteiger partial charge in [0.05, 0.1) is 5.60 Å². The first-order chi connectivity index (χ1) is 7.65. The van der Waals surface area contributed by atoms with E-state index < -0.39 is 5.60 Å². The van der Waals surface area contributed by atoms with Crippen LogP contribution in [0, 0.1) is 0 Å². The summed E-state index contributed by atoms with van der Waals surface area (Å²) in [7, 11) is 0. The van der Waals surface area contributed by atoms with Crippen molar-refractivity contribution in [1.82, 2.24) is 0 Å². The summed E-state index contributed by atoms with van der Waals surface area (Å²) in [6, 6.07) is 5.82. The van der Waals surface area contributed by atoms with Gasteiger partial charge in [0, 0.05) is 31.1 Å². The van der Waals surface area contributed by atoms with Gasteiger partial charge in [-0.15, -0.1) is 0 Å². The van der Waals surface area contributed by atoms with Crippen LogP contribution in [0.1, 0.15) is 30.9 Å². The van der Waals surface area contributed by atoms with Crippen LogP contribution in [-0.4, -0.2) is 18.3 Å². The van der Waals surface area contributed by atoms with E-state index in [1.165, 1.54) is 0 Å². The first-order valence-electron chi connectivity index (χ1n) is 5.75. The molecule has 2 rings (SSSR count). The van der Waals surface area contributed by atoms with E-state index in [0.717, 1.165) is 22.6 Å². The molecule has 1 saturated heterocycles. The molecule has 1 N–H and O–H groups in total. The van der Waals surface area contributed by atoms with Crippen molar-refractivity contribution in [3.8, 4) is 0 Å². The van der Waals surface area contributed by atoms with E-state index in [2.05, 4.69) is 6.92 Å². The molecule has 0 spiro atoms. The second-order valence-electron chi connectivity index (χ2n) is 4.30. The van der Waals surface area contributed by atoms with Gasteiger partial charge in [-0.3, -0.25) is 0 Å². The summed E-state index contributed by atoms with van der Waals surface area (Å²) in [5.74, 6) is 0. The molecular weight excluding hydrogens is 224 g/mol. The quantitative estimate of drug-likeness (QED) is 0.862. The number of halogens is 1. The number of benzene rings is 1. The van der Waals surface area contributed by atoms with Crippen molar-refractivity contribution in [2.75, 3.05) is 13.2 Å². The predicted molar refractivity (Wildman–Crippen MR) is 64.8 cm³/mol. The fourth-order valence-corrected chi connectivity index (χ4v) is 2.38. The van der Waals surface area contributed by atoms with Crippen molar-refractivity contribution in [3.05, 3.63) is 34.3 Å². The fraction of sp³-hybridized carbons (Fsp3) is 0.538. The molecule has 16 heavy (non-hydrogen) atoms. The molecule has 0 aliphatic carbocycles. The SMILES string of the molecule is CCc1cc(C2(O)CCOCC2)ccc1Cl. The summed E-state index contributed by atoms with van der Waals surface area (Å²) in [6.07, 6.45) is 2.22. The molecule has 0 unspecified atom stereocenters. The third-order valence-electron chi connectivity index (χ3n) is 3.28. The molecular formula is C13H17ClO2. The van der Waals surface area contributed by atoms with Crippen LogP contribution in [0.15, 0.2) is 18.2 Å². The second-order valence-corrected chi connectivity index (χ2v) is 4.71. The Hall–Kier alpha value is -0.570. The molecule has 3 heteroatoms. The molecule has 0 atom stereocenters. The van der Waals surface area contributed by atoms with E-state index in [0.29, 0.717) is 26.1 Å². The Balaban J connectivity index is 2.32. The molecule has 0 radical (unpaired) electrons. The molecule has 0 bridgehead atoms. The first kappa shape index (κ1) is 11.9. The zero-order valence-electron chi connectivity index (χ0n) is 9.50. The van der Waals surface area contributed by atoms with Gasteiger partial charge in [-0.25, -0.2) is 0 Å². The molecule has 0 aromatic heterocycles. The third kappa shape index (κ3) is 2.24. The van der Waals surface area contributed by atoms with Crippen molar-refractivity contribution in [2.24, 2.45) is 0 Å². The molecule has 1 aliphatic heterocycles. The topological polar surface area (TPSA) is 29.5 Å². The zero-order valence-corrected chi connectivity index (χ0v) is 10.3. The molecule has 0 saturated carbocycles. The lowest BCUT2D eigenvalue weighted by Crippen LogP contribution is -2.33. The Morgan fingerprint density at radius 2 is 2.06 bits per heavy atom. The molecule has 1 aliphatic rings. The smallest absolute Gasteiger partial charge is 0.0940 e. The van der Waals surface area contributed by atoms with Gasteiger partial charge < -0.3 is 9.84 Å². The van der Waals surface area contributed by atoms with Crippen molar-refractivity contribution < 1.29 is 9.84 Å². The largest absolute Gasteiger partial charge is 0.385 e. The van der Waals surface area contributed by atoms with Crippen LogP contribution >= 0.6 is 11.6 Å². The summed E-state index contributed by atoms with van der Waals surface area (Å²) in [5, 5.41) is 11.3. The number of hydrogen-bond acceptors (Lipinski definition) is 2. The van der Waals surface area contributed by atoms with Gasteiger partial charge >= 0.3 is 0 Å². The highest BCUT2D eigenvalue weighted by Gasteiger charge is 2.31. The summed E-state index contributed by atoms with van der Waals surface area (Å²) in [6.45, 7) is 3.32. The van der Waals surface area contributed by atoms with Crippen molar-refractivity contribution in [2.45, 2.75) is 31.8 Å². The summed E-state index contributed by atoms with van der Waals surface area (Å²) < 4.78 is 5.28. The molecule has 1 aromatic carbocycles. The van der Waals surface area contributed by atoms with Crippen LogP contribution in [0.2, 0.25) is 5.02 Å². The summed E-state index contributed by atoms with van der Waals surface area (Å²) in [5.41, 5.74) is 1.34. The van der Waals surface area contributed by atoms with Gasteiger partial charge in [-0.05, 0) is 23.6 Å². The third-order valence-corrected chi connectivity index (χ3v) is 3.65. The first-order valence-corrected chi connectivity index (χ1v) is 6.12. The molecule has 2 nitrogen and oxygen atoms in total. The van der Waals surface area contributed by atoms with Gasteiger partial charge in [-0.1, -0.05) is 30.7 Å². The lowest BCUT2D eigenvalue weighted by Gasteiger charge is -2.32. The van der Waals surface area contributed by atoms with Crippen LogP contribution in [-0.2, 0) is 16.8 Å². The predicted octanol–water partition coefficient (Wildman–Crippen LogP) is 2.90. The lowest BCUT2D eigenvalue weighted by atomic mass is 9.85. The maximum atomic E-state index is 10.5. The van der Waals surface area contributed by atoms with Crippen LogP contribution < -0.4 is 0 Å². The second kappa shape index (κ2) is 4.74.